The monoisotopic (exact) mass is 377 g/mol. The number of hydrogen-bond acceptors (Lipinski definition) is 3. The Morgan fingerprint density at radius 3 is 2.32 bits per heavy atom. The molecular weight excluding hydrogens is 354 g/mol. The van der Waals surface area contributed by atoms with E-state index in [0.717, 1.165) is 12.8 Å². The molecular formula is C23H23NO4. The van der Waals surface area contributed by atoms with Crippen LogP contribution in [-0.2, 0) is 9.53 Å². The minimum atomic E-state index is -0.774. The van der Waals surface area contributed by atoms with Crippen LogP contribution in [0.1, 0.15) is 36.3 Å². The molecule has 0 bridgehead atoms. The molecule has 28 heavy (non-hydrogen) atoms. The number of rotatable bonds is 3. The predicted molar refractivity (Wildman–Crippen MR) is 104 cm³/mol. The predicted octanol–water partition coefficient (Wildman–Crippen LogP) is 4.12. The van der Waals surface area contributed by atoms with Gasteiger partial charge in [-0.25, -0.2) is 4.79 Å². The average Bonchev–Trinajstić information content (AvgIpc) is 3.36. The summed E-state index contributed by atoms with van der Waals surface area (Å²) in [5.74, 6) is -0.707. The minimum Gasteiger partial charge on any atom is -0.481 e. The van der Waals surface area contributed by atoms with Crippen molar-refractivity contribution >= 4 is 12.1 Å². The van der Waals surface area contributed by atoms with Crippen molar-refractivity contribution in [1.29, 1.82) is 0 Å². The van der Waals surface area contributed by atoms with E-state index in [4.69, 9.17) is 4.74 Å². The number of hydrogen-bond donors (Lipinski definition) is 1. The molecule has 2 fully saturated rings. The van der Waals surface area contributed by atoms with Gasteiger partial charge in [0.15, 0.2) is 0 Å². The fourth-order valence-corrected chi connectivity index (χ4v) is 5.46. The number of carbonyl (C=O) groups is 2. The van der Waals surface area contributed by atoms with Crippen molar-refractivity contribution in [3.63, 3.8) is 0 Å². The molecule has 5 heteroatoms. The number of carboxylic acid groups (broad SMARTS) is 1. The van der Waals surface area contributed by atoms with E-state index in [1.54, 1.807) is 4.90 Å². The van der Waals surface area contributed by atoms with Gasteiger partial charge in [-0.05, 0) is 41.0 Å². The second-order valence-corrected chi connectivity index (χ2v) is 8.23. The maximum Gasteiger partial charge on any atom is 0.409 e. The molecule has 1 saturated heterocycles. The second-order valence-electron chi connectivity index (χ2n) is 8.23. The summed E-state index contributed by atoms with van der Waals surface area (Å²) in [5, 5.41) is 9.72. The highest BCUT2D eigenvalue weighted by Gasteiger charge is 2.56. The SMILES string of the molecule is O=C(OCC1c2ccccc2-c2ccccc21)N1C[C@H]2CCC[C@@]2(C(=O)O)C1. The highest BCUT2D eigenvalue weighted by Crippen LogP contribution is 2.49. The van der Waals surface area contributed by atoms with Gasteiger partial charge in [0, 0.05) is 19.0 Å². The molecule has 1 heterocycles. The van der Waals surface area contributed by atoms with Crippen molar-refractivity contribution in [2.45, 2.75) is 25.2 Å². The molecule has 0 spiro atoms. The van der Waals surface area contributed by atoms with Crippen LogP contribution in [-0.4, -0.2) is 41.8 Å². The number of fused-ring (bicyclic) bond motifs is 4. The Kier molecular flexibility index (Phi) is 3.93. The number of amides is 1. The van der Waals surface area contributed by atoms with Crippen molar-refractivity contribution in [2.75, 3.05) is 19.7 Å². The molecule has 2 aromatic rings. The summed E-state index contributed by atoms with van der Waals surface area (Å²) in [7, 11) is 0. The van der Waals surface area contributed by atoms with Crippen LogP contribution in [0, 0.1) is 11.3 Å². The van der Waals surface area contributed by atoms with Crippen LogP contribution < -0.4 is 0 Å². The van der Waals surface area contributed by atoms with Crippen LogP contribution in [0.25, 0.3) is 11.1 Å². The van der Waals surface area contributed by atoms with Gasteiger partial charge in [-0.3, -0.25) is 4.79 Å². The lowest BCUT2D eigenvalue weighted by Crippen LogP contribution is -2.37. The smallest absolute Gasteiger partial charge is 0.409 e. The Bertz CT molecular complexity index is 910. The van der Waals surface area contributed by atoms with Crippen LogP contribution in [0.5, 0.6) is 0 Å². The summed E-state index contributed by atoms with van der Waals surface area (Å²) in [4.78, 5) is 26.2. The van der Waals surface area contributed by atoms with E-state index in [0.29, 0.717) is 13.0 Å². The molecule has 5 rings (SSSR count). The fraction of sp³-hybridized carbons (Fsp3) is 0.391. The summed E-state index contributed by atoms with van der Waals surface area (Å²) in [5.41, 5.74) is 3.97. The Hall–Kier alpha value is -2.82. The van der Waals surface area contributed by atoms with E-state index in [2.05, 4.69) is 24.3 Å². The van der Waals surface area contributed by atoms with Gasteiger partial charge < -0.3 is 14.7 Å². The molecule has 2 aromatic carbocycles. The lowest BCUT2D eigenvalue weighted by molar-refractivity contribution is -0.149. The van der Waals surface area contributed by atoms with Crippen LogP contribution in [0.3, 0.4) is 0 Å². The van der Waals surface area contributed by atoms with Crippen LogP contribution in [0.2, 0.25) is 0 Å². The Balaban J connectivity index is 1.32. The van der Waals surface area contributed by atoms with Gasteiger partial charge in [-0.15, -0.1) is 0 Å². The maximum atomic E-state index is 12.7. The van der Waals surface area contributed by atoms with Crippen LogP contribution in [0.15, 0.2) is 48.5 Å². The van der Waals surface area contributed by atoms with Gasteiger partial charge in [0.25, 0.3) is 0 Å². The quantitative estimate of drug-likeness (QED) is 0.874. The van der Waals surface area contributed by atoms with Gasteiger partial charge in [-0.1, -0.05) is 55.0 Å². The zero-order valence-corrected chi connectivity index (χ0v) is 15.6. The normalized spacial score (nSPS) is 25.3. The van der Waals surface area contributed by atoms with Gasteiger partial charge in [0.2, 0.25) is 0 Å². The van der Waals surface area contributed by atoms with E-state index >= 15 is 0 Å². The number of carboxylic acids is 1. The first-order valence-electron chi connectivity index (χ1n) is 9.93. The van der Waals surface area contributed by atoms with Crippen LogP contribution >= 0.6 is 0 Å². The number of aliphatic carboxylic acids is 1. The van der Waals surface area contributed by atoms with Crippen molar-refractivity contribution in [3.05, 3.63) is 59.7 Å². The van der Waals surface area contributed by atoms with E-state index in [1.165, 1.54) is 22.3 Å². The van der Waals surface area contributed by atoms with E-state index in [9.17, 15) is 14.7 Å². The molecule has 2 aliphatic carbocycles. The summed E-state index contributed by atoms with van der Waals surface area (Å²) in [6, 6.07) is 16.5. The highest BCUT2D eigenvalue weighted by atomic mass is 16.6. The molecule has 1 amide bonds. The van der Waals surface area contributed by atoms with Crippen molar-refractivity contribution in [3.8, 4) is 11.1 Å². The third kappa shape index (κ3) is 2.45. The Morgan fingerprint density at radius 1 is 1.07 bits per heavy atom. The lowest BCUT2D eigenvalue weighted by Gasteiger charge is -2.23. The van der Waals surface area contributed by atoms with Gasteiger partial charge in [0.1, 0.15) is 6.61 Å². The molecule has 1 N–H and O–H groups in total. The molecule has 0 unspecified atom stereocenters. The number of benzene rings is 2. The Morgan fingerprint density at radius 2 is 1.71 bits per heavy atom. The standard InChI is InChI=1S/C23H23NO4/c25-21(26)23-11-5-6-15(23)12-24(14-23)22(27)28-13-20-18-9-3-1-7-16(18)17-8-2-4-10-19(17)20/h1-4,7-10,15,20H,5-6,11-14H2,(H,25,26)/t15-,23-/m1/s1. The van der Waals surface area contributed by atoms with Crippen molar-refractivity contribution in [1.82, 2.24) is 4.90 Å². The van der Waals surface area contributed by atoms with Crippen molar-refractivity contribution < 1.29 is 19.4 Å². The first-order chi connectivity index (χ1) is 13.6. The molecule has 1 aliphatic heterocycles. The van der Waals surface area contributed by atoms with Crippen LogP contribution in [0.4, 0.5) is 4.79 Å². The molecule has 0 aromatic heterocycles. The average molecular weight is 377 g/mol. The molecule has 1 saturated carbocycles. The molecule has 2 atom stereocenters. The number of nitrogens with zero attached hydrogens (tertiary/aromatic N) is 1. The minimum absolute atomic E-state index is 0.0203. The summed E-state index contributed by atoms with van der Waals surface area (Å²) >= 11 is 0. The first-order valence-corrected chi connectivity index (χ1v) is 9.93. The zero-order valence-electron chi connectivity index (χ0n) is 15.6. The largest absolute Gasteiger partial charge is 0.481 e. The summed E-state index contributed by atoms with van der Waals surface area (Å²) in [6.07, 6.45) is 2.06. The van der Waals surface area contributed by atoms with Gasteiger partial charge in [0.05, 0.1) is 5.41 Å². The number of ether oxygens (including phenoxy) is 1. The van der Waals surface area contributed by atoms with Gasteiger partial charge in [-0.2, -0.15) is 0 Å². The van der Waals surface area contributed by atoms with E-state index < -0.39 is 17.5 Å². The third-order valence-corrected chi connectivity index (χ3v) is 6.89. The molecule has 144 valence electrons. The highest BCUT2D eigenvalue weighted by molar-refractivity contribution is 5.80. The van der Waals surface area contributed by atoms with E-state index in [1.807, 2.05) is 24.3 Å². The maximum absolute atomic E-state index is 12.7. The molecule has 5 nitrogen and oxygen atoms in total. The fourth-order valence-electron chi connectivity index (χ4n) is 5.46. The topological polar surface area (TPSA) is 66.8 Å². The van der Waals surface area contributed by atoms with E-state index in [-0.39, 0.29) is 25.0 Å². The lowest BCUT2D eigenvalue weighted by atomic mass is 9.81. The third-order valence-electron chi connectivity index (χ3n) is 6.89. The summed E-state index contributed by atoms with van der Waals surface area (Å²) < 4.78 is 5.71. The van der Waals surface area contributed by atoms with Gasteiger partial charge >= 0.3 is 12.1 Å². The number of carbonyl (C=O) groups excluding carboxylic acids is 1. The summed E-state index contributed by atoms with van der Waals surface area (Å²) in [6.45, 7) is 1.03. The molecule has 0 radical (unpaired) electrons. The van der Waals surface area contributed by atoms with Crippen molar-refractivity contribution in [2.24, 2.45) is 11.3 Å². The molecule has 3 aliphatic rings. The first kappa shape index (κ1) is 17.3. The Labute approximate surface area is 163 Å². The second kappa shape index (κ2) is 6.36. The number of likely N-dealkylation sites (tertiary alicyclic amines) is 1. The zero-order chi connectivity index (χ0) is 19.3.